The molecule has 74 valence electrons. The van der Waals surface area contributed by atoms with Gasteiger partial charge in [-0.05, 0) is 32.8 Å². The number of carbonyl (C=O) groups is 1. The fourth-order valence-electron chi connectivity index (χ4n) is 1.42. The Kier molecular flexibility index (Phi) is 2.96. The molecule has 0 spiro atoms. The van der Waals surface area contributed by atoms with Crippen LogP contribution in [0.5, 0.6) is 0 Å². The average molecular weight is 184 g/mol. The van der Waals surface area contributed by atoms with Crippen molar-refractivity contribution in [2.75, 3.05) is 6.61 Å². The minimum atomic E-state index is -0.329. The van der Waals surface area contributed by atoms with E-state index in [-0.39, 0.29) is 11.6 Å². The van der Waals surface area contributed by atoms with Crippen molar-refractivity contribution in [2.45, 2.75) is 39.2 Å². The van der Waals surface area contributed by atoms with E-state index in [9.17, 15) is 4.79 Å². The van der Waals surface area contributed by atoms with Gasteiger partial charge < -0.3 is 9.47 Å². The molecule has 0 aromatic carbocycles. The Morgan fingerprint density at radius 3 is 3.00 bits per heavy atom. The van der Waals surface area contributed by atoms with Gasteiger partial charge in [0, 0.05) is 6.92 Å². The molecule has 0 saturated carbocycles. The van der Waals surface area contributed by atoms with E-state index in [1.165, 1.54) is 6.92 Å². The predicted molar refractivity (Wildman–Crippen MR) is 49.1 cm³/mol. The van der Waals surface area contributed by atoms with E-state index in [0.29, 0.717) is 6.61 Å². The first-order chi connectivity index (χ1) is 6.02. The molecule has 1 rings (SSSR count). The summed E-state index contributed by atoms with van der Waals surface area (Å²) in [5.74, 6) is 0.665. The van der Waals surface area contributed by atoms with Gasteiger partial charge in [0.15, 0.2) is 0 Å². The number of hydrogen-bond acceptors (Lipinski definition) is 3. The van der Waals surface area contributed by atoms with Gasteiger partial charge in [-0.3, -0.25) is 4.79 Å². The van der Waals surface area contributed by atoms with Crippen LogP contribution in [0.15, 0.2) is 11.8 Å². The first-order valence-electron chi connectivity index (χ1n) is 4.51. The molecule has 0 fully saturated rings. The minimum Gasteiger partial charge on any atom is -0.489 e. The third-order valence-electron chi connectivity index (χ3n) is 2.09. The zero-order chi connectivity index (χ0) is 9.90. The van der Waals surface area contributed by atoms with E-state index in [2.05, 4.69) is 6.08 Å². The van der Waals surface area contributed by atoms with Gasteiger partial charge in [0.2, 0.25) is 0 Å². The molecule has 0 aromatic rings. The summed E-state index contributed by atoms with van der Waals surface area (Å²) in [4.78, 5) is 10.6. The van der Waals surface area contributed by atoms with Crippen molar-refractivity contribution in [2.24, 2.45) is 0 Å². The first-order valence-corrected chi connectivity index (χ1v) is 4.51. The molecule has 3 heteroatoms. The van der Waals surface area contributed by atoms with Crippen LogP contribution in [0.3, 0.4) is 0 Å². The van der Waals surface area contributed by atoms with Gasteiger partial charge in [0.25, 0.3) is 0 Å². The Labute approximate surface area is 78.7 Å². The fraction of sp³-hybridized carbons (Fsp3) is 0.700. The zero-order valence-electron chi connectivity index (χ0n) is 8.42. The van der Waals surface area contributed by atoms with Gasteiger partial charge in [-0.2, -0.15) is 0 Å². The van der Waals surface area contributed by atoms with Crippen LogP contribution in [0.2, 0.25) is 0 Å². The van der Waals surface area contributed by atoms with Crippen LogP contribution in [0, 0.1) is 0 Å². The van der Waals surface area contributed by atoms with Crippen molar-refractivity contribution in [3.8, 4) is 0 Å². The Balaban J connectivity index is 2.47. The molecule has 0 amide bonds. The van der Waals surface area contributed by atoms with E-state index in [0.717, 1.165) is 18.6 Å². The second-order valence-electron chi connectivity index (χ2n) is 3.69. The lowest BCUT2D eigenvalue weighted by Crippen LogP contribution is -2.36. The van der Waals surface area contributed by atoms with Crippen LogP contribution >= 0.6 is 0 Å². The van der Waals surface area contributed by atoms with Crippen molar-refractivity contribution >= 4 is 5.97 Å². The summed E-state index contributed by atoms with van der Waals surface area (Å²) < 4.78 is 10.5. The summed E-state index contributed by atoms with van der Waals surface area (Å²) in [6, 6.07) is 0. The van der Waals surface area contributed by atoms with Crippen molar-refractivity contribution in [3.05, 3.63) is 11.8 Å². The minimum absolute atomic E-state index is 0.253. The molecular weight excluding hydrogens is 168 g/mol. The molecule has 1 atom stereocenters. The fourth-order valence-corrected chi connectivity index (χ4v) is 1.42. The highest BCUT2D eigenvalue weighted by molar-refractivity contribution is 5.65. The van der Waals surface area contributed by atoms with Crippen LogP contribution in [0.25, 0.3) is 0 Å². The summed E-state index contributed by atoms with van der Waals surface area (Å²) in [6.45, 7) is 5.64. The van der Waals surface area contributed by atoms with E-state index in [1.54, 1.807) is 0 Å². The van der Waals surface area contributed by atoms with Crippen LogP contribution in [0.4, 0.5) is 0 Å². The number of allylic oxidation sites excluding steroid dienone is 2. The van der Waals surface area contributed by atoms with Crippen molar-refractivity contribution in [1.82, 2.24) is 0 Å². The molecular formula is C10H16O3. The van der Waals surface area contributed by atoms with Crippen LogP contribution < -0.4 is 0 Å². The molecule has 0 radical (unpaired) electrons. The number of rotatable bonds is 2. The Hall–Kier alpha value is -0.990. The third kappa shape index (κ3) is 3.09. The van der Waals surface area contributed by atoms with Crippen molar-refractivity contribution in [3.63, 3.8) is 0 Å². The Morgan fingerprint density at radius 1 is 1.77 bits per heavy atom. The SMILES string of the molecule is CC(=O)OC[C@]1(C)CCC=C(C)O1. The van der Waals surface area contributed by atoms with Gasteiger partial charge in [0.05, 0.1) is 5.76 Å². The summed E-state index contributed by atoms with van der Waals surface area (Å²) in [5.41, 5.74) is -0.329. The molecule has 3 nitrogen and oxygen atoms in total. The van der Waals surface area contributed by atoms with Gasteiger partial charge in [0.1, 0.15) is 12.2 Å². The van der Waals surface area contributed by atoms with Gasteiger partial charge in [-0.15, -0.1) is 0 Å². The number of esters is 1. The van der Waals surface area contributed by atoms with Crippen LogP contribution in [-0.2, 0) is 14.3 Å². The van der Waals surface area contributed by atoms with Gasteiger partial charge >= 0.3 is 5.97 Å². The summed E-state index contributed by atoms with van der Waals surface area (Å²) in [7, 11) is 0. The molecule has 0 saturated heterocycles. The molecule has 0 N–H and O–H groups in total. The lowest BCUT2D eigenvalue weighted by atomic mass is 9.98. The summed E-state index contributed by atoms with van der Waals surface area (Å²) in [6.07, 6.45) is 3.94. The molecule has 13 heavy (non-hydrogen) atoms. The van der Waals surface area contributed by atoms with Crippen LogP contribution in [-0.4, -0.2) is 18.2 Å². The normalized spacial score (nSPS) is 27.5. The predicted octanol–water partition coefficient (Wildman–Crippen LogP) is 2.02. The first kappa shape index (κ1) is 10.1. The lowest BCUT2D eigenvalue weighted by Gasteiger charge is -2.33. The smallest absolute Gasteiger partial charge is 0.302 e. The largest absolute Gasteiger partial charge is 0.489 e. The highest BCUT2D eigenvalue weighted by Gasteiger charge is 2.29. The molecule has 0 unspecified atom stereocenters. The highest BCUT2D eigenvalue weighted by atomic mass is 16.6. The Bertz CT molecular complexity index is 232. The van der Waals surface area contributed by atoms with E-state index in [4.69, 9.17) is 9.47 Å². The number of carbonyl (C=O) groups excluding carboxylic acids is 1. The quantitative estimate of drug-likeness (QED) is 0.616. The standard InChI is InChI=1S/C10H16O3/c1-8-5-4-6-10(3,13-8)7-12-9(2)11/h5H,4,6-7H2,1-3H3/t10-/m0/s1. The van der Waals surface area contributed by atoms with E-state index >= 15 is 0 Å². The maximum atomic E-state index is 10.6. The maximum Gasteiger partial charge on any atom is 0.302 e. The number of hydrogen-bond donors (Lipinski definition) is 0. The number of ether oxygens (including phenoxy) is 2. The molecule has 1 aliphatic rings. The van der Waals surface area contributed by atoms with Gasteiger partial charge in [-0.1, -0.05) is 0 Å². The summed E-state index contributed by atoms with van der Waals surface area (Å²) >= 11 is 0. The zero-order valence-corrected chi connectivity index (χ0v) is 8.42. The van der Waals surface area contributed by atoms with E-state index < -0.39 is 0 Å². The molecule has 1 aliphatic heterocycles. The van der Waals surface area contributed by atoms with Crippen molar-refractivity contribution < 1.29 is 14.3 Å². The van der Waals surface area contributed by atoms with Gasteiger partial charge in [-0.25, -0.2) is 0 Å². The third-order valence-corrected chi connectivity index (χ3v) is 2.09. The molecule has 0 aliphatic carbocycles. The average Bonchev–Trinajstić information content (AvgIpc) is 2.01. The Morgan fingerprint density at radius 2 is 2.46 bits per heavy atom. The second-order valence-corrected chi connectivity index (χ2v) is 3.69. The monoisotopic (exact) mass is 184 g/mol. The molecule has 0 bridgehead atoms. The second kappa shape index (κ2) is 3.81. The van der Waals surface area contributed by atoms with E-state index in [1.807, 2.05) is 13.8 Å². The molecule has 0 aromatic heterocycles. The maximum absolute atomic E-state index is 10.6. The summed E-state index contributed by atoms with van der Waals surface area (Å²) in [5, 5.41) is 0. The lowest BCUT2D eigenvalue weighted by molar-refractivity contribution is -0.150. The van der Waals surface area contributed by atoms with Crippen molar-refractivity contribution in [1.29, 1.82) is 0 Å². The topological polar surface area (TPSA) is 35.5 Å². The highest BCUT2D eigenvalue weighted by Crippen LogP contribution is 2.26. The molecule has 1 heterocycles. The van der Waals surface area contributed by atoms with Crippen LogP contribution in [0.1, 0.15) is 33.6 Å².